The molecule has 7 nitrogen and oxygen atoms in total. The maximum absolute atomic E-state index is 12.6. The quantitative estimate of drug-likeness (QED) is 0.494. The van der Waals surface area contributed by atoms with E-state index in [0.29, 0.717) is 40.0 Å². The number of aromatic nitrogens is 1. The van der Waals surface area contributed by atoms with Crippen molar-refractivity contribution in [3.05, 3.63) is 76.3 Å². The smallest absolute Gasteiger partial charge is 0.257 e. The fourth-order valence-electron chi connectivity index (χ4n) is 3.77. The van der Waals surface area contributed by atoms with Crippen molar-refractivity contribution in [3.8, 4) is 5.75 Å². The zero-order valence-electron chi connectivity index (χ0n) is 18.3. The Labute approximate surface area is 196 Å². The average Bonchev–Trinajstić information content (AvgIpc) is 3.25. The molecule has 0 unspecified atom stereocenters. The third-order valence-electron chi connectivity index (χ3n) is 5.55. The highest BCUT2D eigenvalue weighted by molar-refractivity contribution is 7.17. The van der Waals surface area contributed by atoms with Crippen molar-refractivity contribution in [1.82, 2.24) is 10.3 Å². The van der Waals surface area contributed by atoms with Gasteiger partial charge in [-0.25, -0.2) is 4.98 Å². The number of hydrogen-bond acceptors (Lipinski definition) is 6. The van der Waals surface area contributed by atoms with Crippen LogP contribution in [0.5, 0.6) is 5.75 Å². The monoisotopic (exact) mass is 463 g/mol. The molecule has 33 heavy (non-hydrogen) atoms. The second-order valence-corrected chi connectivity index (χ2v) is 8.89. The van der Waals surface area contributed by atoms with E-state index in [4.69, 9.17) is 4.74 Å². The fourth-order valence-corrected chi connectivity index (χ4v) is 4.71. The predicted molar refractivity (Wildman–Crippen MR) is 127 cm³/mol. The number of carbonyl (C=O) groups is 3. The number of nitrogens with one attached hydrogen (secondary N) is 2. The number of aryl methyl sites for hydroxylation is 1. The van der Waals surface area contributed by atoms with Gasteiger partial charge in [-0.15, -0.1) is 0 Å². The Bertz CT molecular complexity index is 1140. The maximum Gasteiger partial charge on any atom is 0.257 e. The van der Waals surface area contributed by atoms with Gasteiger partial charge in [0.15, 0.2) is 10.9 Å². The number of nitrogens with zero attached hydrogens (tertiary/aromatic N) is 1. The number of methoxy groups -OCH3 is 1. The molecule has 0 bridgehead atoms. The number of Topliss-reactive ketones (excluding diaryl/α,β-unsaturated/α-hetero) is 1. The van der Waals surface area contributed by atoms with E-state index in [1.54, 1.807) is 31.4 Å². The molecule has 1 aliphatic rings. The second kappa shape index (κ2) is 10.4. The van der Waals surface area contributed by atoms with Gasteiger partial charge < -0.3 is 10.1 Å². The molecule has 8 heteroatoms. The number of amides is 2. The van der Waals surface area contributed by atoms with Gasteiger partial charge in [0, 0.05) is 24.9 Å². The molecule has 170 valence electrons. The molecule has 1 atom stereocenters. The molecule has 4 rings (SSSR count). The van der Waals surface area contributed by atoms with Crippen LogP contribution < -0.4 is 15.4 Å². The SMILES string of the molecule is COc1ccc(C(=O)Nc2nc3c(s2)C(=O)C[C@@H](C(=O)NCCCc2ccccc2)C3)cc1. The van der Waals surface area contributed by atoms with E-state index in [9.17, 15) is 14.4 Å². The second-order valence-electron chi connectivity index (χ2n) is 7.89. The van der Waals surface area contributed by atoms with Gasteiger partial charge in [-0.3, -0.25) is 19.7 Å². The van der Waals surface area contributed by atoms with Gasteiger partial charge in [0.2, 0.25) is 5.91 Å². The van der Waals surface area contributed by atoms with Gasteiger partial charge in [-0.2, -0.15) is 0 Å². The summed E-state index contributed by atoms with van der Waals surface area (Å²) in [5.41, 5.74) is 2.27. The number of hydrogen-bond donors (Lipinski definition) is 2. The number of fused-ring (bicyclic) bond motifs is 1. The fraction of sp³-hybridized carbons (Fsp3) is 0.280. The molecular weight excluding hydrogens is 438 g/mol. The minimum Gasteiger partial charge on any atom is -0.497 e. The van der Waals surface area contributed by atoms with Gasteiger partial charge in [-0.05, 0) is 42.7 Å². The Balaban J connectivity index is 1.32. The first-order valence-electron chi connectivity index (χ1n) is 10.8. The largest absolute Gasteiger partial charge is 0.497 e. The van der Waals surface area contributed by atoms with Crippen molar-refractivity contribution in [1.29, 1.82) is 0 Å². The lowest BCUT2D eigenvalue weighted by molar-refractivity contribution is -0.125. The van der Waals surface area contributed by atoms with Gasteiger partial charge in [0.05, 0.1) is 23.6 Å². The Morgan fingerprint density at radius 3 is 2.58 bits per heavy atom. The number of ether oxygens (including phenoxy) is 1. The van der Waals surface area contributed by atoms with E-state index < -0.39 is 5.92 Å². The van der Waals surface area contributed by atoms with Crippen LogP contribution in [0, 0.1) is 5.92 Å². The Morgan fingerprint density at radius 1 is 1.09 bits per heavy atom. The number of thiazole rings is 1. The lowest BCUT2D eigenvalue weighted by Gasteiger charge is -2.19. The summed E-state index contributed by atoms with van der Waals surface area (Å²) in [7, 11) is 1.56. The van der Waals surface area contributed by atoms with Crippen LogP contribution in [0.1, 0.15) is 44.1 Å². The van der Waals surface area contributed by atoms with Gasteiger partial charge in [-0.1, -0.05) is 41.7 Å². The lowest BCUT2D eigenvalue weighted by atomic mass is 9.89. The molecule has 0 spiro atoms. The minimum atomic E-state index is -0.436. The number of benzene rings is 2. The summed E-state index contributed by atoms with van der Waals surface area (Å²) in [6.07, 6.45) is 2.27. The summed E-state index contributed by atoms with van der Waals surface area (Å²) >= 11 is 1.16. The van der Waals surface area contributed by atoms with Crippen LogP contribution in [0.25, 0.3) is 0 Å². The molecule has 2 N–H and O–H groups in total. The van der Waals surface area contributed by atoms with E-state index >= 15 is 0 Å². The van der Waals surface area contributed by atoms with Crippen LogP contribution in [-0.4, -0.2) is 36.2 Å². The van der Waals surface area contributed by atoms with Crippen molar-refractivity contribution < 1.29 is 19.1 Å². The normalized spacial score (nSPS) is 14.9. The van der Waals surface area contributed by atoms with E-state index in [2.05, 4.69) is 27.8 Å². The van der Waals surface area contributed by atoms with E-state index in [1.165, 1.54) is 5.56 Å². The third kappa shape index (κ3) is 5.64. The molecule has 1 heterocycles. The molecule has 0 aliphatic heterocycles. The van der Waals surface area contributed by atoms with Crippen LogP contribution in [0.2, 0.25) is 0 Å². The summed E-state index contributed by atoms with van der Waals surface area (Å²) in [5, 5.41) is 6.06. The first kappa shape index (κ1) is 22.7. The predicted octanol–water partition coefficient (Wildman–Crippen LogP) is 3.90. The summed E-state index contributed by atoms with van der Waals surface area (Å²) in [6, 6.07) is 16.8. The van der Waals surface area contributed by atoms with Crippen molar-refractivity contribution >= 4 is 34.1 Å². The van der Waals surface area contributed by atoms with Gasteiger partial charge in [0.25, 0.3) is 5.91 Å². The molecule has 0 radical (unpaired) electrons. The minimum absolute atomic E-state index is 0.108. The highest BCUT2D eigenvalue weighted by Crippen LogP contribution is 2.32. The molecular formula is C25H25N3O4S. The summed E-state index contributed by atoms with van der Waals surface area (Å²) in [4.78, 5) is 42.7. The van der Waals surface area contributed by atoms with Crippen LogP contribution in [0.4, 0.5) is 5.13 Å². The first-order chi connectivity index (χ1) is 16.0. The molecule has 2 aromatic carbocycles. The Kier molecular flexibility index (Phi) is 7.14. The maximum atomic E-state index is 12.6. The molecule has 0 saturated carbocycles. The Morgan fingerprint density at radius 2 is 1.85 bits per heavy atom. The highest BCUT2D eigenvalue weighted by Gasteiger charge is 2.33. The van der Waals surface area contributed by atoms with Crippen molar-refractivity contribution in [3.63, 3.8) is 0 Å². The molecule has 1 aromatic heterocycles. The lowest BCUT2D eigenvalue weighted by Crippen LogP contribution is -2.36. The van der Waals surface area contributed by atoms with Crippen molar-refractivity contribution in [2.45, 2.75) is 25.7 Å². The van der Waals surface area contributed by atoms with Crippen molar-refractivity contribution in [2.75, 3.05) is 19.0 Å². The van der Waals surface area contributed by atoms with Crippen LogP contribution in [0.15, 0.2) is 54.6 Å². The summed E-state index contributed by atoms with van der Waals surface area (Å²) < 4.78 is 5.10. The zero-order chi connectivity index (χ0) is 23.2. The van der Waals surface area contributed by atoms with E-state index in [0.717, 1.165) is 24.2 Å². The number of rotatable bonds is 8. The standard InChI is InChI=1S/C25H25N3O4S/c1-32-19-11-9-17(10-12-19)24(31)28-25-27-20-14-18(15-21(29)22(20)33-25)23(30)26-13-5-8-16-6-3-2-4-7-16/h2-4,6-7,9-12,18H,5,8,13-15H2,1H3,(H,26,30)(H,27,28,31)/t18-/m0/s1. The number of carbonyl (C=O) groups excluding carboxylic acids is 3. The molecule has 2 amide bonds. The average molecular weight is 464 g/mol. The summed E-state index contributed by atoms with van der Waals surface area (Å²) in [5.74, 6) is -0.328. The molecule has 1 aliphatic carbocycles. The topological polar surface area (TPSA) is 97.4 Å². The summed E-state index contributed by atoms with van der Waals surface area (Å²) in [6.45, 7) is 0.561. The number of anilines is 1. The van der Waals surface area contributed by atoms with Crippen LogP contribution in [0.3, 0.4) is 0 Å². The first-order valence-corrected chi connectivity index (χ1v) is 11.6. The number of ketones is 1. The van der Waals surface area contributed by atoms with E-state index in [-0.39, 0.29) is 24.0 Å². The Hall–Kier alpha value is -3.52. The molecule has 0 fully saturated rings. The van der Waals surface area contributed by atoms with Crippen LogP contribution >= 0.6 is 11.3 Å². The third-order valence-corrected chi connectivity index (χ3v) is 6.60. The van der Waals surface area contributed by atoms with Gasteiger partial charge >= 0.3 is 0 Å². The molecule has 3 aromatic rings. The van der Waals surface area contributed by atoms with Gasteiger partial charge in [0.1, 0.15) is 5.75 Å². The highest BCUT2D eigenvalue weighted by atomic mass is 32.1. The van der Waals surface area contributed by atoms with E-state index in [1.807, 2.05) is 18.2 Å². The zero-order valence-corrected chi connectivity index (χ0v) is 19.1. The van der Waals surface area contributed by atoms with Crippen LogP contribution in [-0.2, 0) is 17.6 Å². The molecule has 0 saturated heterocycles. The van der Waals surface area contributed by atoms with Crippen molar-refractivity contribution in [2.24, 2.45) is 5.92 Å².